The Balaban J connectivity index is 2.36. The lowest BCUT2D eigenvalue weighted by Crippen LogP contribution is -2.14. The van der Waals surface area contributed by atoms with E-state index in [4.69, 9.17) is 11.1 Å². The molecular formula is C20H16N6O. The Morgan fingerprint density at radius 2 is 1.30 bits per heavy atom. The van der Waals surface area contributed by atoms with Gasteiger partial charge in [-0.25, -0.2) is 0 Å². The van der Waals surface area contributed by atoms with E-state index in [2.05, 4.69) is 20.1 Å². The van der Waals surface area contributed by atoms with Gasteiger partial charge >= 0.3 is 0 Å². The van der Waals surface area contributed by atoms with Gasteiger partial charge in [0, 0.05) is 27.5 Å². The molecule has 1 saturated carbocycles. The van der Waals surface area contributed by atoms with Gasteiger partial charge in [0.25, 0.3) is 0 Å². The topological polar surface area (TPSA) is 115 Å². The lowest BCUT2D eigenvalue weighted by atomic mass is 9.83. The summed E-state index contributed by atoms with van der Waals surface area (Å²) < 4.78 is 0. The van der Waals surface area contributed by atoms with Gasteiger partial charge in [-0.05, 0) is 40.6 Å². The SMILES string of the molecule is [N-]=[N+]=NC(=C1CCCC(=O)C1=C(N=[N+]=[N-])c1ccccc1)c1ccccc1. The van der Waals surface area contributed by atoms with E-state index in [0.29, 0.717) is 47.2 Å². The summed E-state index contributed by atoms with van der Waals surface area (Å²) in [6.45, 7) is 0. The third kappa shape index (κ3) is 3.90. The molecule has 27 heavy (non-hydrogen) atoms. The van der Waals surface area contributed by atoms with E-state index in [-0.39, 0.29) is 11.5 Å². The Bertz CT molecular complexity index is 1010. The molecular weight excluding hydrogens is 340 g/mol. The Morgan fingerprint density at radius 3 is 1.85 bits per heavy atom. The van der Waals surface area contributed by atoms with Crippen molar-refractivity contribution in [2.45, 2.75) is 19.3 Å². The first kappa shape index (κ1) is 18.0. The smallest absolute Gasteiger partial charge is 0.163 e. The zero-order valence-corrected chi connectivity index (χ0v) is 14.5. The first-order chi connectivity index (χ1) is 13.3. The zero-order chi connectivity index (χ0) is 19.1. The minimum Gasteiger partial charge on any atom is -0.294 e. The van der Waals surface area contributed by atoms with Gasteiger partial charge in [0.15, 0.2) is 5.78 Å². The second-order valence-corrected chi connectivity index (χ2v) is 5.94. The summed E-state index contributed by atoms with van der Waals surface area (Å²) in [6.07, 6.45) is 1.56. The molecule has 3 rings (SSSR count). The normalized spacial score (nSPS) is 17.4. The van der Waals surface area contributed by atoms with Crippen LogP contribution in [0, 0.1) is 0 Å². The molecule has 0 bridgehead atoms. The van der Waals surface area contributed by atoms with E-state index < -0.39 is 0 Å². The molecule has 0 unspecified atom stereocenters. The van der Waals surface area contributed by atoms with Crippen LogP contribution in [-0.4, -0.2) is 5.78 Å². The lowest BCUT2D eigenvalue weighted by Gasteiger charge is -2.22. The highest BCUT2D eigenvalue weighted by molar-refractivity contribution is 6.09. The Hall–Kier alpha value is -3.79. The van der Waals surface area contributed by atoms with Crippen LogP contribution >= 0.6 is 0 Å². The molecule has 0 atom stereocenters. The molecule has 0 aliphatic heterocycles. The first-order valence-electron chi connectivity index (χ1n) is 8.48. The van der Waals surface area contributed by atoms with Crippen LogP contribution in [0.1, 0.15) is 30.4 Å². The lowest BCUT2D eigenvalue weighted by molar-refractivity contribution is -0.115. The number of Topliss-reactive ketones (excluding diaryl/α,β-unsaturated/α-hetero) is 1. The van der Waals surface area contributed by atoms with E-state index in [1.165, 1.54) is 0 Å². The number of hydrogen-bond acceptors (Lipinski definition) is 3. The largest absolute Gasteiger partial charge is 0.294 e. The third-order valence-corrected chi connectivity index (χ3v) is 4.32. The monoisotopic (exact) mass is 356 g/mol. The molecule has 0 spiro atoms. The summed E-state index contributed by atoms with van der Waals surface area (Å²) in [4.78, 5) is 18.7. The second kappa shape index (κ2) is 8.54. The number of ketones is 1. The predicted molar refractivity (Wildman–Crippen MR) is 104 cm³/mol. The van der Waals surface area contributed by atoms with Crippen molar-refractivity contribution in [2.75, 3.05) is 0 Å². The number of carbonyl (C=O) groups excluding carboxylic acids is 1. The third-order valence-electron chi connectivity index (χ3n) is 4.32. The van der Waals surface area contributed by atoms with E-state index in [1.807, 2.05) is 48.5 Å². The molecule has 0 amide bonds. The van der Waals surface area contributed by atoms with Crippen LogP contribution in [0.2, 0.25) is 0 Å². The molecule has 1 fully saturated rings. The van der Waals surface area contributed by atoms with Crippen molar-refractivity contribution in [1.82, 2.24) is 0 Å². The predicted octanol–water partition coefficient (Wildman–Crippen LogP) is 6.18. The van der Waals surface area contributed by atoms with Gasteiger partial charge in [0.05, 0.1) is 5.70 Å². The molecule has 0 aromatic heterocycles. The molecule has 7 nitrogen and oxygen atoms in total. The number of nitrogens with zero attached hydrogens (tertiary/aromatic N) is 6. The molecule has 0 heterocycles. The van der Waals surface area contributed by atoms with E-state index >= 15 is 0 Å². The van der Waals surface area contributed by atoms with Gasteiger partial charge in [-0.15, -0.1) is 0 Å². The van der Waals surface area contributed by atoms with E-state index in [1.54, 1.807) is 12.1 Å². The number of benzene rings is 2. The van der Waals surface area contributed by atoms with Crippen molar-refractivity contribution >= 4 is 17.2 Å². The van der Waals surface area contributed by atoms with Gasteiger partial charge in [-0.3, -0.25) is 4.79 Å². The van der Waals surface area contributed by atoms with Crippen molar-refractivity contribution in [3.05, 3.63) is 104 Å². The zero-order valence-electron chi connectivity index (χ0n) is 14.5. The van der Waals surface area contributed by atoms with Gasteiger partial charge in [0.2, 0.25) is 0 Å². The van der Waals surface area contributed by atoms with Crippen molar-refractivity contribution in [3.8, 4) is 0 Å². The highest BCUT2D eigenvalue weighted by atomic mass is 16.1. The van der Waals surface area contributed by atoms with Gasteiger partial charge < -0.3 is 0 Å². The van der Waals surface area contributed by atoms with Gasteiger partial charge in [-0.2, -0.15) is 0 Å². The van der Waals surface area contributed by atoms with E-state index in [0.717, 1.165) is 0 Å². The molecule has 0 radical (unpaired) electrons. The molecule has 0 N–H and O–H groups in total. The quantitative estimate of drug-likeness (QED) is 0.276. The van der Waals surface area contributed by atoms with Crippen LogP contribution in [0.4, 0.5) is 0 Å². The van der Waals surface area contributed by atoms with E-state index in [9.17, 15) is 4.79 Å². The fourth-order valence-corrected chi connectivity index (χ4v) is 3.18. The standard InChI is InChI=1S/C20H16N6O/c21-25-23-19(14-8-3-1-4-9-14)16-12-7-13-17(27)18(16)20(24-26-22)15-10-5-2-6-11-15/h1-6,8-11H,7,12-13H2. The highest BCUT2D eigenvalue weighted by Crippen LogP contribution is 2.38. The number of azide groups is 2. The van der Waals surface area contributed by atoms with Crippen molar-refractivity contribution in [2.24, 2.45) is 10.2 Å². The fraction of sp³-hybridized carbons (Fsp3) is 0.150. The van der Waals surface area contributed by atoms with Crippen LogP contribution < -0.4 is 0 Å². The summed E-state index contributed by atoms with van der Waals surface area (Å²) in [7, 11) is 0. The van der Waals surface area contributed by atoms with Gasteiger partial charge in [0.1, 0.15) is 0 Å². The number of rotatable bonds is 4. The second-order valence-electron chi connectivity index (χ2n) is 5.94. The Labute approximate surface area is 155 Å². The molecule has 7 heteroatoms. The van der Waals surface area contributed by atoms with Crippen LogP contribution in [0.5, 0.6) is 0 Å². The number of allylic oxidation sites excluding steroid dienone is 2. The summed E-state index contributed by atoms with van der Waals surface area (Å²) in [5.74, 6) is -0.121. The highest BCUT2D eigenvalue weighted by Gasteiger charge is 2.27. The van der Waals surface area contributed by atoms with Crippen molar-refractivity contribution in [3.63, 3.8) is 0 Å². The number of carbonyl (C=O) groups is 1. The molecule has 2 aromatic carbocycles. The molecule has 0 saturated heterocycles. The molecule has 1 aliphatic carbocycles. The summed E-state index contributed by atoms with van der Waals surface area (Å²) >= 11 is 0. The average Bonchev–Trinajstić information content (AvgIpc) is 2.72. The molecule has 2 aromatic rings. The first-order valence-corrected chi connectivity index (χ1v) is 8.48. The Kier molecular flexibility index (Phi) is 5.70. The molecule has 1 aliphatic rings. The number of hydrogen-bond donors (Lipinski definition) is 0. The summed E-state index contributed by atoms with van der Waals surface area (Å²) in [5.41, 5.74) is 21.1. The van der Waals surface area contributed by atoms with Gasteiger partial charge in [-0.1, -0.05) is 70.9 Å². The summed E-state index contributed by atoms with van der Waals surface area (Å²) in [6, 6.07) is 18.2. The van der Waals surface area contributed by atoms with Crippen LogP contribution in [-0.2, 0) is 4.79 Å². The average molecular weight is 356 g/mol. The molecule has 132 valence electrons. The maximum atomic E-state index is 12.8. The minimum absolute atomic E-state index is 0.121. The van der Waals surface area contributed by atoms with Crippen LogP contribution in [0.25, 0.3) is 32.3 Å². The summed E-state index contributed by atoms with van der Waals surface area (Å²) in [5, 5.41) is 7.70. The van der Waals surface area contributed by atoms with Crippen molar-refractivity contribution < 1.29 is 4.79 Å². The minimum atomic E-state index is -0.121. The Morgan fingerprint density at radius 1 is 0.778 bits per heavy atom. The van der Waals surface area contributed by atoms with Crippen LogP contribution in [0.15, 0.2) is 82.0 Å². The maximum absolute atomic E-state index is 12.8. The maximum Gasteiger partial charge on any atom is 0.163 e. The fourth-order valence-electron chi connectivity index (χ4n) is 3.18. The van der Waals surface area contributed by atoms with Crippen LogP contribution in [0.3, 0.4) is 0 Å². The van der Waals surface area contributed by atoms with Crippen molar-refractivity contribution in [1.29, 1.82) is 0 Å².